The highest BCUT2D eigenvalue weighted by Gasteiger charge is 2.32. The van der Waals surface area contributed by atoms with Gasteiger partial charge in [-0.3, -0.25) is 0 Å². The fourth-order valence-electron chi connectivity index (χ4n) is 1.74. The molecule has 0 atom stereocenters. The number of fused-ring (bicyclic) bond motifs is 1. The average Bonchev–Trinajstić information content (AvgIpc) is 2.23. The monoisotopic (exact) mass is 178 g/mol. The predicted octanol–water partition coefficient (Wildman–Crippen LogP) is 1.81. The Balaban J connectivity index is 2.52. The lowest BCUT2D eigenvalue weighted by atomic mass is 10.1. The van der Waals surface area contributed by atoms with Crippen LogP contribution in [0.1, 0.15) is 31.1 Å². The summed E-state index contributed by atoms with van der Waals surface area (Å²) in [6, 6.07) is 0. The Bertz CT molecular complexity index is 358. The molecule has 0 aromatic carbocycles. The SMILES string of the molecule is Cc1nc(C)c2c(n1)CC(C)(C)O2. The van der Waals surface area contributed by atoms with Gasteiger partial charge in [0.05, 0.1) is 11.4 Å². The van der Waals surface area contributed by atoms with Crippen molar-refractivity contribution in [3.63, 3.8) is 0 Å². The average molecular weight is 178 g/mol. The maximum absolute atomic E-state index is 5.76. The Morgan fingerprint density at radius 3 is 2.62 bits per heavy atom. The number of ether oxygens (including phenoxy) is 1. The summed E-state index contributed by atoms with van der Waals surface area (Å²) in [5, 5.41) is 0. The van der Waals surface area contributed by atoms with E-state index >= 15 is 0 Å². The molecule has 1 aliphatic rings. The van der Waals surface area contributed by atoms with Crippen LogP contribution in [0.3, 0.4) is 0 Å². The van der Waals surface area contributed by atoms with Crippen LogP contribution in [0, 0.1) is 13.8 Å². The molecule has 1 aliphatic heterocycles. The quantitative estimate of drug-likeness (QED) is 0.607. The summed E-state index contributed by atoms with van der Waals surface area (Å²) in [5.74, 6) is 1.72. The molecule has 0 aliphatic carbocycles. The van der Waals surface area contributed by atoms with Gasteiger partial charge in [-0.05, 0) is 27.7 Å². The molecule has 0 fully saturated rings. The Kier molecular flexibility index (Phi) is 1.59. The molecule has 70 valence electrons. The fraction of sp³-hybridized carbons (Fsp3) is 0.600. The van der Waals surface area contributed by atoms with Gasteiger partial charge in [0.25, 0.3) is 0 Å². The van der Waals surface area contributed by atoms with Crippen LogP contribution in [-0.4, -0.2) is 15.6 Å². The molecular formula is C10H14N2O. The Labute approximate surface area is 78.2 Å². The first-order valence-electron chi connectivity index (χ1n) is 4.51. The molecule has 0 spiro atoms. The van der Waals surface area contributed by atoms with Crippen molar-refractivity contribution >= 4 is 0 Å². The van der Waals surface area contributed by atoms with Gasteiger partial charge in [-0.1, -0.05) is 0 Å². The minimum absolute atomic E-state index is 0.116. The van der Waals surface area contributed by atoms with Crippen molar-refractivity contribution in [2.75, 3.05) is 0 Å². The van der Waals surface area contributed by atoms with Gasteiger partial charge in [0.2, 0.25) is 0 Å². The molecule has 0 bridgehead atoms. The zero-order valence-electron chi connectivity index (χ0n) is 8.51. The maximum Gasteiger partial charge on any atom is 0.162 e. The van der Waals surface area contributed by atoms with E-state index < -0.39 is 0 Å². The van der Waals surface area contributed by atoms with E-state index in [1.807, 2.05) is 13.8 Å². The highest BCUT2D eigenvalue weighted by Crippen LogP contribution is 2.35. The van der Waals surface area contributed by atoms with Gasteiger partial charge in [-0.2, -0.15) is 0 Å². The number of rotatable bonds is 0. The zero-order valence-corrected chi connectivity index (χ0v) is 8.51. The van der Waals surface area contributed by atoms with Gasteiger partial charge < -0.3 is 4.74 Å². The minimum atomic E-state index is -0.116. The molecule has 0 radical (unpaired) electrons. The highest BCUT2D eigenvalue weighted by molar-refractivity contribution is 5.37. The van der Waals surface area contributed by atoms with E-state index in [2.05, 4.69) is 23.8 Å². The van der Waals surface area contributed by atoms with Gasteiger partial charge in [0, 0.05) is 6.42 Å². The van der Waals surface area contributed by atoms with Crippen molar-refractivity contribution < 1.29 is 4.74 Å². The van der Waals surface area contributed by atoms with Crippen LogP contribution in [0.25, 0.3) is 0 Å². The third-order valence-electron chi connectivity index (χ3n) is 2.19. The molecule has 2 heterocycles. The van der Waals surface area contributed by atoms with Crippen molar-refractivity contribution in [3.05, 3.63) is 17.2 Å². The van der Waals surface area contributed by atoms with Gasteiger partial charge in [-0.25, -0.2) is 9.97 Å². The van der Waals surface area contributed by atoms with E-state index in [0.29, 0.717) is 0 Å². The number of hydrogen-bond acceptors (Lipinski definition) is 3. The molecule has 3 heteroatoms. The van der Waals surface area contributed by atoms with E-state index in [0.717, 1.165) is 29.4 Å². The van der Waals surface area contributed by atoms with Gasteiger partial charge in [0.1, 0.15) is 11.4 Å². The minimum Gasteiger partial charge on any atom is -0.484 e. The topological polar surface area (TPSA) is 35.0 Å². The van der Waals surface area contributed by atoms with E-state index in [1.54, 1.807) is 0 Å². The Morgan fingerprint density at radius 1 is 1.23 bits per heavy atom. The summed E-state index contributed by atoms with van der Waals surface area (Å²) in [5.41, 5.74) is 1.89. The molecule has 13 heavy (non-hydrogen) atoms. The lowest BCUT2D eigenvalue weighted by Crippen LogP contribution is -2.24. The second-order valence-corrected chi connectivity index (χ2v) is 4.17. The third-order valence-corrected chi connectivity index (χ3v) is 2.19. The maximum atomic E-state index is 5.76. The molecule has 0 amide bonds. The normalized spacial score (nSPS) is 18.2. The summed E-state index contributed by atoms with van der Waals surface area (Å²) in [7, 11) is 0. The van der Waals surface area contributed by atoms with Crippen molar-refractivity contribution in [1.82, 2.24) is 9.97 Å². The summed E-state index contributed by atoms with van der Waals surface area (Å²) in [4.78, 5) is 8.65. The van der Waals surface area contributed by atoms with E-state index in [1.165, 1.54) is 0 Å². The summed E-state index contributed by atoms with van der Waals surface area (Å²) >= 11 is 0. The van der Waals surface area contributed by atoms with Crippen LogP contribution < -0.4 is 4.74 Å². The van der Waals surface area contributed by atoms with Crippen LogP contribution in [0.5, 0.6) is 5.75 Å². The number of nitrogens with zero attached hydrogens (tertiary/aromatic N) is 2. The summed E-state index contributed by atoms with van der Waals surface area (Å²) < 4.78 is 5.76. The highest BCUT2D eigenvalue weighted by atomic mass is 16.5. The Morgan fingerprint density at radius 2 is 1.92 bits per heavy atom. The number of hydrogen-bond donors (Lipinski definition) is 0. The molecule has 0 unspecified atom stereocenters. The molecule has 1 aromatic heterocycles. The molecule has 2 rings (SSSR count). The molecule has 3 nitrogen and oxygen atoms in total. The molecular weight excluding hydrogens is 164 g/mol. The van der Waals surface area contributed by atoms with Crippen molar-refractivity contribution in [2.45, 2.75) is 39.7 Å². The van der Waals surface area contributed by atoms with Crippen LogP contribution in [0.2, 0.25) is 0 Å². The lowest BCUT2D eigenvalue weighted by molar-refractivity contribution is 0.137. The first-order valence-corrected chi connectivity index (χ1v) is 4.51. The van der Waals surface area contributed by atoms with Gasteiger partial charge in [0.15, 0.2) is 5.75 Å². The number of aromatic nitrogens is 2. The second-order valence-electron chi connectivity index (χ2n) is 4.17. The smallest absolute Gasteiger partial charge is 0.162 e. The van der Waals surface area contributed by atoms with Crippen molar-refractivity contribution in [2.24, 2.45) is 0 Å². The van der Waals surface area contributed by atoms with Crippen LogP contribution in [0.4, 0.5) is 0 Å². The standard InChI is InChI=1S/C10H14N2O/c1-6-9-8(12-7(2)11-6)5-10(3,4)13-9/h5H2,1-4H3. The zero-order chi connectivity index (χ0) is 9.64. The fourth-order valence-corrected chi connectivity index (χ4v) is 1.74. The van der Waals surface area contributed by atoms with E-state index in [-0.39, 0.29) is 5.60 Å². The van der Waals surface area contributed by atoms with Crippen LogP contribution >= 0.6 is 0 Å². The van der Waals surface area contributed by atoms with Crippen LogP contribution in [0.15, 0.2) is 0 Å². The lowest BCUT2D eigenvalue weighted by Gasteiger charge is -2.16. The molecule has 0 saturated heterocycles. The van der Waals surface area contributed by atoms with Crippen LogP contribution in [-0.2, 0) is 6.42 Å². The van der Waals surface area contributed by atoms with Gasteiger partial charge in [-0.15, -0.1) is 0 Å². The summed E-state index contributed by atoms with van der Waals surface area (Å²) in [6.45, 7) is 8.03. The third kappa shape index (κ3) is 1.39. The van der Waals surface area contributed by atoms with E-state index in [4.69, 9.17) is 4.74 Å². The first kappa shape index (κ1) is 8.48. The van der Waals surface area contributed by atoms with Crippen molar-refractivity contribution in [3.8, 4) is 5.75 Å². The summed E-state index contributed by atoms with van der Waals surface area (Å²) in [6.07, 6.45) is 0.881. The number of aryl methyl sites for hydroxylation is 2. The molecule has 0 N–H and O–H groups in total. The first-order chi connectivity index (χ1) is 5.98. The van der Waals surface area contributed by atoms with Crippen molar-refractivity contribution in [1.29, 1.82) is 0 Å². The van der Waals surface area contributed by atoms with Gasteiger partial charge >= 0.3 is 0 Å². The predicted molar refractivity (Wildman–Crippen MR) is 49.9 cm³/mol. The molecule has 1 aromatic rings. The largest absolute Gasteiger partial charge is 0.484 e. The van der Waals surface area contributed by atoms with E-state index in [9.17, 15) is 0 Å². The molecule has 0 saturated carbocycles. The Hall–Kier alpha value is -1.12. The second kappa shape index (κ2) is 2.44.